The molecule has 2 nitrogen and oxygen atoms in total. The molecule has 0 atom stereocenters. The monoisotopic (exact) mass is 292 g/mol. The van der Waals surface area contributed by atoms with Crippen molar-refractivity contribution in [1.29, 1.82) is 0 Å². The molecule has 1 saturated carbocycles. The number of hydrogen-bond acceptors (Lipinski definition) is 2. The molecular formula is C14H16F4O2. The van der Waals surface area contributed by atoms with E-state index in [1.54, 1.807) is 7.11 Å². The first kappa shape index (κ1) is 15.3. The molecule has 0 spiro atoms. The highest BCUT2D eigenvalue weighted by Gasteiger charge is 2.38. The van der Waals surface area contributed by atoms with Gasteiger partial charge in [-0.3, -0.25) is 0 Å². The molecule has 0 aliphatic heterocycles. The Morgan fingerprint density at radius 1 is 1.25 bits per heavy atom. The Hall–Kier alpha value is -1.14. The van der Waals surface area contributed by atoms with Crippen molar-refractivity contribution in [3.63, 3.8) is 0 Å². The lowest BCUT2D eigenvalue weighted by atomic mass is 9.78. The molecule has 6 heteroatoms. The van der Waals surface area contributed by atoms with Crippen LogP contribution in [0.15, 0.2) is 18.2 Å². The van der Waals surface area contributed by atoms with Gasteiger partial charge in [0.05, 0.1) is 17.3 Å². The van der Waals surface area contributed by atoms with Crippen LogP contribution in [0.1, 0.15) is 36.8 Å². The molecule has 0 saturated heterocycles. The number of halogens is 4. The molecule has 1 fully saturated rings. The van der Waals surface area contributed by atoms with E-state index in [1.807, 2.05) is 0 Å². The second-order valence-electron chi connectivity index (χ2n) is 5.16. The van der Waals surface area contributed by atoms with E-state index in [2.05, 4.69) is 0 Å². The molecule has 1 N–H and O–H groups in total. The minimum absolute atomic E-state index is 0.0366. The molecule has 112 valence electrons. The van der Waals surface area contributed by atoms with Crippen LogP contribution in [0.25, 0.3) is 0 Å². The van der Waals surface area contributed by atoms with Crippen LogP contribution in [0.2, 0.25) is 0 Å². The Kier molecular flexibility index (Phi) is 4.07. The van der Waals surface area contributed by atoms with E-state index in [0.717, 1.165) is 12.1 Å². The molecule has 0 heterocycles. The zero-order valence-electron chi connectivity index (χ0n) is 11.0. The van der Waals surface area contributed by atoms with Crippen LogP contribution in [0.3, 0.4) is 0 Å². The summed E-state index contributed by atoms with van der Waals surface area (Å²) in [5, 5.41) is 10.5. The van der Waals surface area contributed by atoms with Crippen molar-refractivity contribution in [3.8, 4) is 0 Å². The molecular weight excluding hydrogens is 276 g/mol. The van der Waals surface area contributed by atoms with Crippen molar-refractivity contribution >= 4 is 0 Å². The Balaban J connectivity index is 2.24. The number of benzene rings is 1. The third-order valence-corrected chi connectivity index (χ3v) is 3.90. The summed E-state index contributed by atoms with van der Waals surface area (Å²) in [6.45, 7) is 0. The van der Waals surface area contributed by atoms with Crippen LogP contribution in [0.4, 0.5) is 17.6 Å². The van der Waals surface area contributed by atoms with Gasteiger partial charge in [-0.2, -0.15) is 13.2 Å². The topological polar surface area (TPSA) is 29.5 Å². The molecule has 1 aliphatic rings. The number of methoxy groups -OCH3 is 1. The maximum Gasteiger partial charge on any atom is 0.419 e. The van der Waals surface area contributed by atoms with Crippen molar-refractivity contribution in [2.75, 3.05) is 7.11 Å². The summed E-state index contributed by atoms with van der Waals surface area (Å²) in [6, 6.07) is 2.63. The highest BCUT2D eigenvalue weighted by atomic mass is 19.4. The van der Waals surface area contributed by atoms with Crippen molar-refractivity contribution < 1.29 is 27.4 Å². The van der Waals surface area contributed by atoms with E-state index in [1.165, 1.54) is 0 Å². The number of ether oxygens (including phenoxy) is 1. The van der Waals surface area contributed by atoms with Crippen molar-refractivity contribution in [1.82, 2.24) is 0 Å². The Morgan fingerprint density at radius 2 is 1.85 bits per heavy atom. The first-order valence-electron chi connectivity index (χ1n) is 6.39. The van der Waals surface area contributed by atoms with Crippen LogP contribution >= 0.6 is 0 Å². The molecule has 1 aromatic rings. The largest absolute Gasteiger partial charge is 0.419 e. The average Bonchev–Trinajstić information content (AvgIpc) is 2.38. The van der Waals surface area contributed by atoms with Crippen LogP contribution in [-0.2, 0) is 16.5 Å². The number of hydrogen-bond donors (Lipinski definition) is 1. The van der Waals surface area contributed by atoms with Crippen molar-refractivity contribution in [2.24, 2.45) is 0 Å². The second kappa shape index (κ2) is 5.33. The third kappa shape index (κ3) is 2.96. The van der Waals surface area contributed by atoms with Crippen LogP contribution in [-0.4, -0.2) is 18.3 Å². The first-order chi connectivity index (χ1) is 9.26. The summed E-state index contributed by atoms with van der Waals surface area (Å²) in [7, 11) is 1.58. The fourth-order valence-corrected chi connectivity index (χ4v) is 2.63. The maximum atomic E-state index is 13.6. The summed E-state index contributed by atoms with van der Waals surface area (Å²) in [6.07, 6.45) is -2.81. The predicted octanol–water partition coefficient (Wildman–Crippen LogP) is 3.62. The second-order valence-corrected chi connectivity index (χ2v) is 5.16. The van der Waals surface area contributed by atoms with Gasteiger partial charge in [0.2, 0.25) is 0 Å². The molecule has 20 heavy (non-hydrogen) atoms. The molecule has 1 aromatic carbocycles. The smallest absolute Gasteiger partial charge is 0.385 e. The number of rotatable bonds is 2. The van der Waals surface area contributed by atoms with Crippen molar-refractivity contribution in [3.05, 3.63) is 35.1 Å². The minimum atomic E-state index is -4.72. The van der Waals surface area contributed by atoms with E-state index in [0.29, 0.717) is 31.7 Å². The fraction of sp³-hybridized carbons (Fsp3) is 0.571. The lowest BCUT2D eigenvalue weighted by Crippen LogP contribution is -2.34. The van der Waals surface area contributed by atoms with Gasteiger partial charge >= 0.3 is 6.18 Å². The molecule has 0 unspecified atom stereocenters. The summed E-state index contributed by atoms with van der Waals surface area (Å²) < 4.78 is 56.2. The molecule has 0 aromatic heterocycles. The van der Waals surface area contributed by atoms with Gasteiger partial charge < -0.3 is 9.84 Å². The van der Waals surface area contributed by atoms with E-state index >= 15 is 0 Å². The average molecular weight is 292 g/mol. The van der Waals surface area contributed by atoms with Crippen molar-refractivity contribution in [2.45, 2.75) is 43.6 Å². The normalized spacial score (nSPS) is 27.6. The molecule has 0 radical (unpaired) electrons. The summed E-state index contributed by atoms with van der Waals surface area (Å²) in [4.78, 5) is 0. The number of alkyl halides is 3. The van der Waals surface area contributed by atoms with E-state index in [9.17, 15) is 22.7 Å². The molecule has 0 amide bonds. The Bertz CT molecular complexity index is 477. The summed E-state index contributed by atoms with van der Waals surface area (Å²) >= 11 is 0. The van der Waals surface area contributed by atoms with E-state index < -0.39 is 23.2 Å². The van der Waals surface area contributed by atoms with Gasteiger partial charge in [0, 0.05) is 7.11 Å². The van der Waals surface area contributed by atoms with Gasteiger partial charge in [-0.25, -0.2) is 4.39 Å². The zero-order chi connectivity index (χ0) is 15.0. The van der Waals surface area contributed by atoms with Crippen LogP contribution in [0.5, 0.6) is 0 Å². The lowest BCUT2D eigenvalue weighted by Gasteiger charge is -2.36. The first-order valence-corrected chi connectivity index (χ1v) is 6.39. The standard InChI is InChI=1S/C14H16F4O2/c1-20-10-4-6-13(19,7-5-10)9-2-3-11(12(15)8-9)14(16,17)18/h2-3,8,10,19H,4-7H2,1H3. The highest BCUT2D eigenvalue weighted by molar-refractivity contribution is 5.30. The molecule has 0 bridgehead atoms. The SMILES string of the molecule is COC1CCC(O)(c2ccc(C(F)(F)F)c(F)c2)CC1. The Labute approximate surface area is 114 Å². The van der Waals surface area contributed by atoms with E-state index in [4.69, 9.17) is 4.74 Å². The fourth-order valence-electron chi connectivity index (χ4n) is 2.63. The van der Waals surface area contributed by atoms with Gasteiger partial charge in [0.15, 0.2) is 0 Å². The summed E-state index contributed by atoms with van der Waals surface area (Å²) in [5.41, 5.74) is -2.40. The number of aliphatic hydroxyl groups is 1. The van der Waals surface area contributed by atoms with Crippen LogP contribution < -0.4 is 0 Å². The lowest BCUT2D eigenvalue weighted by molar-refractivity contribution is -0.140. The van der Waals surface area contributed by atoms with Gasteiger partial charge in [-0.05, 0) is 43.4 Å². The Morgan fingerprint density at radius 3 is 2.30 bits per heavy atom. The summed E-state index contributed by atoms with van der Waals surface area (Å²) in [5.74, 6) is -1.35. The van der Waals surface area contributed by atoms with Gasteiger partial charge in [-0.1, -0.05) is 6.07 Å². The van der Waals surface area contributed by atoms with Gasteiger partial charge in [-0.15, -0.1) is 0 Å². The molecule has 1 aliphatic carbocycles. The molecule has 2 rings (SSSR count). The highest BCUT2D eigenvalue weighted by Crippen LogP contribution is 2.40. The van der Waals surface area contributed by atoms with Gasteiger partial charge in [0.25, 0.3) is 0 Å². The minimum Gasteiger partial charge on any atom is -0.385 e. The zero-order valence-corrected chi connectivity index (χ0v) is 11.0. The predicted molar refractivity (Wildman–Crippen MR) is 64.6 cm³/mol. The van der Waals surface area contributed by atoms with Gasteiger partial charge in [0.1, 0.15) is 5.82 Å². The third-order valence-electron chi connectivity index (χ3n) is 3.90. The van der Waals surface area contributed by atoms with E-state index in [-0.39, 0.29) is 11.7 Å². The van der Waals surface area contributed by atoms with Crippen LogP contribution in [0, 0.1) is 5.82 Å². The quantitative estimate of drug-likeness (QED) is 0.844. The maximum absolute atomic E-state index is 13.6.